The highest BCUT2D eigenvalue weighted by atomic mass is 16.5. The Morgan fingerprint density at radius 2 is 2.22 bits per heavy atom. The zero-order chi connectivity index (χ0) is 13.0. The highest BCUT2D eigenvalue weighted by molar-refractivity contribution is 6.04. The average Bonchev–Trinajstić information content (AvgIpc) is 2.76. The van der Waals surface area contributed by atoms with Gasteiger partial charge in [0.05, 0.1) is 0 Å². The molecule has 1 amide bonds. The molecule has 5 nitrogen and oxygen atoms in total. The summed E-state index contributed by atoms with van der Waals surface area (Å²) in [6, 6.07) is 9.05. The minimum absolute atomic E-state index is 0.202. The minimum Gasteiger partial charge on any atom is -0.360 e. The molecular formula is C13H15N3O2. The number of aromatic nitrogens is 1. The van der Waals surface area contributed by atoms with Crippen LogP contribution in [-0.2, 0) is 6.42 Å². The van der Waals surface area contributed by atoms with Gasteiger partial charge in [0.25, 0.3) is 5.91 Å². The van der Waals surface area contributed by atoms with Crippen LogP contribution in [0.2, 0.25) is 0 Å². The number of nitrogens with one attached hydrogen (secondary N) is 1. The van der Waals surface area contributed by atoms with Crippen molar-refractivity contribution in [3.05, 3.63) is 47.2 Å². The Morgan fingerprint density at radius 1 is 1.44 bits per heavy atom. The van der Waals surface area contributed by atoms with Crippen molar-refractivity contribution in [2.24, 2.45) is 5.73 Å². The largest absolute Gasteiger partial charge is 0.360 e. The number of aryl methyl sites for hydroxylation is 1. The van der Waals surface area contributed by atoms with Gasteiger partial charge >= 0.3 is 0 Å². The number of carbonyl (C=O) groups is 1. The van der Waals surface area contributed by atoms with E-state index >= 15 is 0 Å². The Bertz CT molecular complexity index is 549. The van der Waals surface area contributed by atoms with E-state index in [4.69, 9.17) is 10.3 Å². The highest BCUT2D eigenvalue weighted by Gasteiger charge is 2.12. The zero-order valence-electron chi connectivity index (χ0n) is 10.1. The number of hydrogen-bond donors (Lipinski definition) is 2. The van der Waals surface area contributed by atoms with Crippen LogP contribution in [-0.4, -0.2) is 17.6 Å². The topological polar surface area (TPSA) is 81.2 Å². The van der Waals surface area contributed by atoms with Crippen LogP contribution in [0.5, 0.6) is 0 Å². The fraction of sp³-hybridized carbons (Fsp3) is 0.231. The number of benzene rings is 1. The summed E-state index contributed by atoms with van der Waals surface area (Å²) in [6.45, 7) is 2.28. The highest BCUT2D eigenvalue weighted by Crippen LogP contribution is 2.13. The Labute approximate surface area is 105 Å². The van der Waals surface area contributed by atoms with E-state index in [-0.39, 0.29) is 5.91 Å². The molecule has 1 aromatic carbocycles. The van der Waals surface area contributed by atoms with Crippen LogP contribution in [0.25, 0.3) is 0 Å². The Hall–Kier alpha value is -2.14. The van der Waals surface area contributed by atoms with Crippen LogP contribution in [0.15, 0.2) is 34.9 Å². The number of anilines is 1. The van der Waals surface area contributed by atoms with Crippen LogP contribution >= 0.6 is 0 Å². The van der Waals surface area contributed by atoms with Gasteiger partial charge in [-0.3, -0.25) is 4.79 Å². The average molecular weight is 245 g/mol. The van der Waals surface area contributed by atoms with E-state index in [0.29, 0.717) is 30.1 Å². The van der Waals surface area contributed by atoms with Gasteiger partial charge in [-0.2, -0.15) is 0 Å². The van der Waals surface area contributed by atoms with Gasteiger partial charge in [-0.1, -0.05) is 23.4 Å². The molecule has 0 radical (unpaired) electrons. The third-order valence-electron chi connectivity index (χ3n) is 2.55. The van der Waals surface area contributed by atoms with Gasteiger partial charge < -0.3 is 15.6 Å². The molecule has 3 N–H and O–H groups in total. The molecule has 0 aliphatic rings. The van der Waals surface area contributed by atoms with Gasteiger partial charge in [-0.15, -0.1) is 0 Å². The van der Waals surface area contributed by atoms with Crippen LogP contribution in [0.4, 0.5) is 5.82 Å². The molecule has 0 saturated carbocycles. The minimum atomic E-state index is -0.202. The molecule has 0 bridgehead atoms. The summed E-state index contributed by atoms with van der Waals surface area (Å²) < 4.78 is 4.89. The van der Waals surface area contributed by atoms with Crippen molar-refractivity contribution in [1.29, 1.82) is 0 Å². The molecule has 18 heavy (non-hydrogen) atoms. The van der Waals surface area contributed by atoms with E-state index in [1.807, 2.05) is 18.2 Å². The summed E-state index contributed by atoms with van der Waals surface area (Å²) in [7, 11) is 0. The molecule has 2 rings (SSSR count). The van der Waals surface area contributed by atoms with Crippen molar-refractivity contribution < 1.29 is 9.32 Å². The van der Waals surface area contributed by atoms with Crippen molar-refractivity contribution in [3.63, 3.8) is 0 Å². The maximum absolute atomic E-state index is 12.1. The van der Waals surface area contributed by atoms with Gasteiger partial charge in [-0.05, 0) is 31.5 Å². The third-order valence-corrected chi connectivity index (χ3v) is 2.55. The van der Waals surface area contributed by atoms with Crippen LogP contribution in [0, 0.1) is 6.92 Å². The first-order chi connectivity index (χ1) is 8.70. The Morgan fingerprint density at radius 3 is 2.89 bits per heavy atom. The number of nitrogens with two attached hydrogens (primary N) is 1. The second kappa shape index (κ2) is 5.46. The first-order valence-corrected chi connectivity index (χ1v) is 5.73. The monoisotopic (exact) mass is 245 g/mol. The molecule has 0 aliphatic carbocycles. The van der Waals surface area contributed by atoms with Gasteiger partial charge in [-0.25, -0.2) is 0 Å². The SMILES string of the molecule is Cc1cc(NC(=O)c2ccccc2CCN)no1. The molecule has 94 valence electrons. The molecule has 0 spiro atoms. The van der Waals surface area contributed by atoms with Crippen LogP contribution in [0.1, 0.15) is 21.7 Å². The number of hydrogen-bond acceptors (Lipinski definition) is 4. The fourth-order valence-corrected chi connectivity index (χ4v) is 1.72. The molecule has 1 aromatic heterocycles. The molecular weight excluding hydrogens is 230 g/mol. The first kappa shape index (κ1) is 12.3. The van der Waals surface area contributed by atoms with Gasteiger partial charge in [0.15, 0.2) is 5.82 Å². The number of rotatable bonds is 4. The predicted octanol–water partition coefficient (Wildman–Crippen LogP) is 1.74. The fourth-order valence-electron chi connectivity index (χ4n) is 1.72. The first-order valence-electron chi connectivity index (χ1n) is 5.73. The number of amides is 1. The maximum Gasteiger partial charge on any atom is 0.257 e. The lowest BCUT2D eigenvalue weighted by Gasteiger charge is -2.07. The molecule has 0 atom stereocenters. The summed E-state index contributed by atoms with van der Waals surface area (Å²) in [5.41, 5.74) is 7.07. The summed E-state index contributed by atoms with van der Waals surface area (Å²) in [5, 5.41) is 6.42. The molecule has 2 aromatic rings. The Balaban J connectivity index is 2.18. The lowest BCUT2D eigenvalue weighted by molar-refractivity contribution is 0.102. The second-order valence-corrected chi connectivity index (χ2v) is 3.97. The quantitative estimate of drug-likeness (QED) is 0.859. The lowest BCUT2D eigenvalue weighted by Crippen LogP contribution is -2.16. The molecule has 0 fully saturated rings. The summed E-state index contributed by atoms with van der Waals surface area (Å²) in [5.74, 6) is 0.868. The number of carbonyl (C=O) groups excluding carboxylic acids is 1. The zero-order valence-corrected chi connectivity index (χ0v) is 10.1. The van der Waals surface area contributed by atoms with E-state index in [1.165, 1.54) is 0 Å². The van der Waals surface area contributed by atoms with E-state index in [9.17, 15) is 4.79 Å². The summed E-state index contributed by atoms with van der Waals surface area (Å²) in [4.78, 5) is 12.1. The van der Waals surface area contributed by atoms with Gasteiger partial charge in [0, 0.05) is 11.6 Å². The van der Waals surface area contributed by atoms with E-state index < -0.39 is 0 Å². The third kappa shape index (κ3) is 2.75. The molecule has 0 aliphatic heterocycles. The van der Waals surface area contributed by atoms with Crippen molar-refractivity contribution >= 4 is 11.7 Å². The standard InChI is InChI=1S/C13H15N3O2/c1-9-8-12(16-18-9)15-13(17)11-5-3-2-4-10(11)6-7-14/h2-5,8H,6-7,14H2,1H3,(H,15,16,17). The van der Waals surface area contributed by atoms with Crippen molar-refractivity contribution in [3.8, 4) is 0 Å². The summed E-state index contributed by atoms with van der Waals surface area (Å²) >= 11 is 0. The normalized spacial score (nSPS) is 10.3. The summed E-state index contributed by atoms with van der Waals surface area (Å²) in [6.07, 6.45) is 0.668. The van der Waals surface area contributed by atoms with Gasteiger partial charge in [0.1, 0.15) is 5.76 Å². The van der Waals surface area contributed by atoms with Crippen LogP contribution in [0.3, 0.4) is 0 Å². The molecule has 5 heteroatoms. The van der Waals surface area contributed by atoms with E-state index in [1.54, 1.807) is 19.1 Å². The predicted molar refractivity (Wildman–Crippen MR) is 68.4 cm³/mol. The Kier molecular flexibility index (Phi) is 3.74. The van der Waals surface area contributed by atoms with Crippen molar-refractivity contribution in [1.82, 2.24) is 5.16 Å². The van der Waals surface area contributed by atoms with E-state index in [2.05, 4.69) is 10.5 Å². The molecule has 0 unspecified atom stereocenters. The van der Waals surface area contributed by atoms with Crippen LogP contribution < -0.4 is 11.1 Å². The lowest BCUT2D eigenvalue weighted by atomic mass is 10.0. The van der Waals surface area contributed by atoms with E-state index in [0.717, 1.165) is 5.56 Å². The van der Waals surface area contributed by atoms with Crippen molar-refractivity contribution in [2.75, 3.05) is 11.9 Å². The molecule has 1 heterocycles. The maximum atomic E-state index is 12.1. The van der Waals surface area contributed by atoms with Crippen molar-refractivity contribution in [2.45, 2.75) is 13.3 Å². The number of nitrogens with zero attached hydrogens (tertiary/aromatic N) is 1. The second-order valence-electron chi connectivity index (χ2n) is 3.97. The smallest absolute Gasteiger partial charge is 0.257 e. The van der Waals surface area contributed by atoms with Gasteiger partial charge in [0.2, 0.25) is 0 Å². The molecule has 0 saturated heterocycles.